The normalized spacial score (nSPS) is 16.6. The molecule has 0 bridgehead atoms. The molecule has 1 saturated heterocycles. The van der Waals surface area contributed by atoms with Crippen molar-refractivity contribution in [3.05, 3.63) is 65.2 Å². The lowest BCUT2D eigenvalue weighted by molar-refractivity contribution is -0.883. The van der Waals surface area contributed by atoms with Crippen molar-refractivity contribution >= 4 is 29.3 Å². The maximum Gasteiger partial charge on any atom is 0.262 e. The lowest BCUT2D eigenvalue weighted by Gasteiger charge is -2.30. The molecule has 0 atom stereocenters. The molecule has 2 aliphatic rings. The molecule has 2 aromatic carbocycles. The Morgan fingerprint density at radius 1 is 0.933 bits per heavy atom. The SMILES string of the molecule is C[NH+]1CCN(C(=O)c2ccccc2NC(=O)CN2C(=O)c3ccccc3C2=O)CC1. The maximum atomic E-state index is 13.0. The predicted octanol–water partition coefficient (Wildman–Crippen LogP) is -0.108. The van der Waals surface area contributed by atoms with Crippen LogP contribution < -0.4 is 10.2 Å². The molecular formula is C22H23N4O4+. The fourth-order valence-electron chi connectivity index (χ4n) is 3.76. The first-order valence-electron chi connectivity index (χ1n) is 9.90. The third kappa shape index (κ3) is 3.69. The van der Waals surface area contributed by atoms with Gasteiger partial charge in [0.05, 0.1) is 55.6 Å². The Bertz CT molecular complexity index is 992. The zero-order valence-corrected chi connectivity index (χ0v) is 16.7. The summed E-state index contributed by atoms with van der Waals surface area (Å²) < 4.78 is 0. The number of rotatable bonds is 4. The number of fused-ring (bicyclic) bond motifs is 1. The van der Waals surface area contributed by atoms with Crippen LogP contribution in [0.3, 0.4) is 0 Å². The van der Waals surface area contributed by atoms with Crippen LogP contribution in [0.15, 0.2) is 48.5 Å². The van der Waals surface area contributed by atoms with Gasteiger partial charge in [-0.2, -0.15) is 0 Å². The summed E-state index contributed by atoms with van der Waals surface area (Å²) >= 11 is 0. The van der Waals surface area contributed by atoms with Crippen LogP contribution in [0.4, 0.5) is 5.69 Å². The van der Waals surface area contributed by atoms with Crippen molar-refractivity contribution in [2.24, 2.45) is 0 Å². The molecule has 154 valence electrons. The van der Waals surface area contributed by atoms with Gasteiger partial charge in [0.25, 0.3) is 17.7 Å². The minimum Gasteiger partial charge on any atom is -0.334 e. The van der Waals surface area contributed by atoms with E-state index in [1.165, 1.54) is 4.90 Å². The lowest BCUT2D eigenvalue weighted by Crippen LogP contribution is -3.12. The number of amides is 4. The Labute approximate surface area is 174 Å². The number of nitrogens with one attached hydrogen (secondary N) is 2. The van der Waals surface area contributed by atoms with Crippen molar-refractivity contribution in [3.63, 3.8) is 0 Å². The number of piperazine rings is 1. The van der Waals surface area contributed by atoms with E-state index < -0.39 is 24.3 Å². The molecule has 30 heavy (non-hydrogen) atoms. The highest BCUT2D eigenvalue weighted by Crippen LogP contribution is 2.23. The molecule has 8 heteroatoms. The molecule has 2 aromatic rings. The van der Waals surface area contributed by atoms with E-state index in [-0.39, 0.29) is 5.91 Å². The van der Waals surface area contributed by atoms with Gasteiger partial charge in [-0.1, -0.05) is 24.3 Å². The van der Waals surface area contributed by atoms with Gasteiger partial charge in [0, 0.05) is 0 Å². The van der Waals surface area contributed by atoms with Crippen LogP contribution in [0.2, 0.25) is 0 Å². The number of carbonyl (C=O) groups is 4. The summed E-state index contributed by atoms with van der Waals surface area (Å²) in [6.07, 6.45) is 0. The minimum atomic E-state index is -0.535. The van der Waals surface area contributed by atoms with Crippen LogP contribution in [0.5, 0.6) is 0 Å². The molecule has 4 rings (SSSR count). The van der Waals surface area contributed by atoms with Crippen molar-refractivity contribution in [3.8, 4) is 0 Å². The number of hydrogen-bond acceptors (Lipinski definition) is 4. The topological polar surface area (TPSA) is 91.2 Å². The standard InChI is InChI=1S/C22H22N4O4/c1-24-10-12-25(13-11-24)20(28)17-8-4-5-9-18(17)23-19(27)14-26-21(29)15-6-2-3-7-16(15)22(26)30/h2-9H,10-14H2,1H3,(H,23,27)/p+1. The summed E-state index contributed by atoms with van der Waals surface area (Å²) in [5.41, 5.74) is 1.36. The van der Waals surface area contributed by atoms with Gasteiger partial charge in [-0.15, -0.1) is 0 Å². The molecule has 0 radical (unpaired) electrons. The number of imide groups is 1. The Morgan fingerprint density at radius 2 is 1.50 bits per heavy atom. The van der Waals surface area contributed by atoms with Gasteiger partial charge < -0.3 is 15.1 Å². The number of anilines is 1. The van der Waals surface area contributed by atoms with Gasteiger partial charge in [-0.05, 0) is 24.3 Å². The molecule has 0 spiro atoms. The van der Waals surface area contributed by atoms with E-state index in [9.17, 15) is 19.2 Å². The maximum absolute atomic E-state index is 13.0. The van der Waals surface area contributed by atoms with E-state index in [0.29, 0.717) is 35.5 Å². The highest BCUT2D eigenvalue weighted by molar-refractivity contribution is 6.22. The van der Waals surface area contributed by atoms with E-state index in [1.807, 2.05) is 0 Å². The van der Waals surface area contributed by atoms with Gasteiger partial charge in [-0.3, -0.25) is 24.1 Å². The van der Waals surface area contributed by atoms with Gasteiger partial charge in [0.1, 0.15) is 6.54 Å². The number of carbonyl (C=O) groups excluding carboxylic acids is 4. The molecule has 2 heterocycles. The van der Waals surface area contributed by atoms with E-state index in [4.69, 9.17) is 0 Å². The second-order valence-corrected chi connectivity index (χ2v) is 7.59. The summed E-state index contributed by atoms with van der Waals surface area (Å²) in [6, 6.07) is 13.3. The Hall–Kier alpha value is -3.52. The zero-order valence-electron chi connectivity index (χ0n) is 16.7. The molecule has 8 nitrogen and oxygen atoms in total. The molecule has 2 N–H and O–H groups in total. The molecule has 0 saturated carbocycles. The molecule has 0 aliphatic carbocycles. The van der Waals surface area contributed by atoms with Crippen molar-refractivity contribution in [2.75, 3.05) is 45.1 Å². The van der Waals surface area contributed by atoms with E-state index in [2.05, 4.69) is 12.4 Å². The molecule has 2 aliphatic heterocycles. The number of para-hydroxylation sites is 1. The Morgan fingerprint density at radius 3 is 2.13 bits per heavy atom. The predicted molar refractivity (Wildman–Crippen MR) is 109 cm³/mol. The lowest BCUT2D eigenvalue weighted by atomic mass is 10.1. The van der Waals surface area contributed by atoms with Crippen molar-refractivity contribution < 1.29 is 24.1 Å². The number of hydrogen-bond donors (Lipinski definition) is 2. The number of benzene rings is 2. The average Bonchev–Trinajstić information content (AvgIpc) is 2.99. The molecule has 1 fully saturated rings. The Balaban J connectivity index is 1.46. The van der Waals surface area contributed by atoms with Crippen LogP contribution in [-0.2, 0) is 4.79 Å². The zero-order chi connectivity index (χ0) is 21.3. The monoisotopic (exact) mass is 407 g/mol. The third-order valence-corrected chi connectivity index (χ3v) is 5.52. The van der Waals surface area contributed by atoms with Crippen LogP contribution >= 0.6 is 0 Å². The number of nitrogens with zero attached hydrogens (tertiary/aromatic N) is 2. The highest BCUT2D eigenvalue weighted by atomic mass is 16.2. The molecular weight excluding hydrogens is 384 g/mol. The summed E-state index contributed by atoms with van der Waals surface area (Å²) in [5.74, 6) is -1.66. The summed E-state index contributed by atoms with van der Waals surface area (Å²) in [7, 11) is 2.09. The van der Waals surface area contributed by atoms with E-state index >= 15 is 0 Å². The highest BCUT2D eigenvalue weighted by Gasteiger charge is 2.36. The van der Waals surface area contributed by atoms with Crippen LogP contribution in [0.25, 0.3) is 0 Å². The third-order valence-electron chi connectivity index (χ3n) is 5.52. The fraction of sp³-hybridized carbons (Fsp3) is 0.273. The van der Waals surface area contributed by atoms with Crippen LogP contribution in [0.1, 0.15) is 31.1 Å². The first kappa shape index (κ1) is 19.8. The molecule has 0 aromatic heterocycles. The number of quaternary nitrogens is 1. The van der Waals surface area contributed by atoms with Crippen molar-refractivity contribution in [2.45, 2.75) is 0 Å². The summed E-state index contributed by atoms with van der Waals surface area (Å²) in [4.78, 5) is 54.6. The second-order valence-electron chi connectivity index (χ2n) is 7.59. The fourth-order valence-corrected chi connectivity index (χ4v) is 3.76. The van der Waals surface area contributed by atoms with E-state index in [0.717, 1.165) is 18.0 Å². The van der Waals surface area contributed by atoms with E-state index in [1.54, 1.807) is 53.4 Å². The quantitative estimate of drug-likeness (QED) is 0.692. The van der Waals surface area contributed by atoms with Gasteiger partial charge in [0.2, 0.25) is 5.91 Å². The van der Waals surface area contributed by atoms with Crippen LogP contribution in [-0.4, -0.2) is 73.2 Å². The van der Waals surface area contributed by atoms with Gasteiger partial charge in [0.15, 0.2) is 0 Å². The molecule has 0 unspecified atom stereocenters. The largest absolute Gasteiger partial charge is 0.334 e. The smallest absolute Gasteiger partial charge is 0.262 e. The first-order chi connectivity index (χ1) is 14.5. The summed E-state index contributed by atoms with van der Waals surface area (Å²) in [6.45, 7) is 2.65. The van der Waals surface area contributed by atoms with Gasteiger partial charge in [-0.25, -0.2) is 0 Å². The van der Waals surface area contributed by atoms with Gasteiger partial charge >= 0.3 is 0 Å². The van der Waals surface area contributed by atoms with Crippen molar-refractivity contribution in [1.29, 1.82) is 0 Å². The molecule has 4 amide bonds. The number of likely N-dealkylation sites (N-methyl/N-ethyl adjacent to an activating group) is 1. The summed E-state index contributed by atoms with van der Waals surface area (Å²) in [5, 5.41) is 2.70. The minimum absolute atomic E-state index is 0.140. The second kappa shape index (κ2) is 8.08. The Kier molecular flexibility index (Phi) is 5.33. The van der Waals surface area contributed by atoms with Crippen LogP contribution in [0, 0.1) is 0 Å². The first-order valence-corrected chi connectivity index (χ1v) is 9.90. The van der Waals surface area contributed by atoms with Crippen molar-refractivity contribution in [1.82, 2.24) is 9.80 Å². The average molecular weight is 407 g/mol.